The highest BCUT2D eigenvalue weighted by atomic mass is 16.5. The second-order valence-electron chi connectivity index (χ2n) is 9.16. The summed E-state index contributed by atoms with van der Waals surface area (Å²) < 4.78 is 13.0. The summed E-state index contributed by atoms with van der Waals surface area (Å²) >= 11 is 0. The van der Waals surface area contributed by atoms with Crippen molar-refractivity contribution >= 4 is 11.6 Å². The van der Waals surface area contributed by atoms with Crippen LogP contribution in [0.2, 0.25) is 0 Å². The van der Waals surface area contributed by atoms with E-state index in [0.717, 1.165) is 33.7 Å². The standard InChI is InChI=1S/C31H30N4O3/c1-5-7-26(17-29(36)37-6-2)24-12-14-27(15-13-24)38-20-23-16-28(25-10-8-22(18-32)9-11-25)31-33-30(21(3)4)34-35(31)19-23/h8-16,19,21,26H,6,17,20H2,1-4H3. The summed E-state index contributed by atoms with van der Waals surface area (Å²) in [6, 6.07) is 19.3. The summed E-state index contributed by atoms with van der Waals surface area (Å²) in [6.45, 7) is 8.36. The summed E-state index contributed by atoms with van der Waals surface area (Å²) in [7, 11) is 0. The predicted molar refractivity (Wildman–Crippen MR) is 145 cm³/mol. The molecule has 38 heavy (non-hydrogen) atoms. The number of hydrogen-bond acceptors (Lipinski definition) is 6. The molecule has 192 valence electrons. The SMILES string of the molecule is CC#CC(CC(=O)OCC)c1ccc(OCc2cc(-c3ccc(C#N)cc3)c3nc(C(C)C)nn3c2)cc1. The minimum Gasteiger partial charge on any atom is -0.489 e. The maximum absolute atomic E-state index is 12.0. The number of hydrogen-bond donors (Lipinski definition) is 0. The van der Waals surface area contributed by atoms with Gasteiger partial charge >= 0.3 is 5.97 Å². The van der Waals surface area contributed by atoms with Gasteiger partial charge < -0.3 is 9.47 Å². The van der Waals surface area contributed by atoms with E-state index in [2.05, 4.69) is 42.9 Å². The molecule has 1 atom stereocenters. The Morgan fingerprint density at radius 2 is 1.84 bits per heavy atom. The molecule has 0 N–H and O–H groups in total. The van der Waals surface area contributed by atoms with Crippen LogP contribution in [0, 0.1) is 23.2 Å². The molecule has 0 spiro atoms. The van der Waals surface area contributed by atoms with Crippen molar-refractivity contribution in [3.8, 4) is 34.8 Å². The summed E-state index contributed by atoms with van der Waals surface area (Å²) in [5.74, 6) is 7.17. The lowest BCUT2D eigenvalue weighted by Gasteiger charge is -2.13. The first-order chi connectivity index (χ1) is 18.4. The van der Waals surface area contributed by atoms with Crippen LogP contribution in [0.5, 0.6) is 5.75 Å². The molecule has 0 fully saturated rings. The summed E-state index contributed by atoms with van der Waals surface area (Å²) in [5.41, 5.74) is 5.10. The Bertz CT molecular complexity index is 1520. The van der Waals surface area contributed by atoms with Gasteiger partial charge in [-0.3, -0.25) is 4.79 Å². The first-order valence-corrected chi connectivity index (χ1v) is 12.6. The van der Waals surface area contributed by atoms with Crippen LogP contribution >= 0.6 is 0 Å². The molecule has 7 nitrogen and oxygen atoms in total. The van der Waals surface area contributed by atoms with Gasteiger partial charge in [-0.15, -0.1) is 5.92 Å². The molecule has 0 saturated carbocycles. The molecule has 0 amide bonds. The van der Waals surface area contributed by atoms with Gasteiger partial charge in [0.05, 0.1) is 30.6 Å². The van der Waals surface area contributed by atoms with Crippen LogP contribution < -0.4 is 4.74 Å². The zero-order chi connectivity index (χ0) is 27.1. The van der Waals surface area contributed by atoms with Gasteiger partial charge in [0.15, 0.2) is 11.5 Å². The van der Waals surface area contributed by atoms with E-state index >= 15 is 0 Å². The number of ether oxygens (including phenoxy) is 2. The third-order valence-electron chi connectivity index (χ3n) is 6.03. The van der Waals surface area contributed by atoms with Crippen molar-refractivity contribution in [1.29, 1.82) is 5.26 Å². The van der Waals surface area contributed by atoms with Crippen LogP contribution in [0.1, 0.15) is 68.5 Å². The van der Waals surface area contributed by atoms with Crippen LogP contribution in [-0.2, 0) is 16.1 Å². The smallest absolute Gasteiger partial charge is 0.307 e. The Kier molecular flexibility index (Phi) is 8.40. The van der Waals surface area contributed by atoms with E-state index in [1.54, 1.807) is 30.5 Å². The highest BCUT2D eigenvalue weighted by Gasteiger charge is 2.16. The molecule has 2 aromatic heterocycles. The lowest BCUT2D eigenvalue weighted by Crippen LogP contribution is -2.09. The number of esters is 1. The van der Waals surface area contributed by atoms with E-state index in [9.17, 15) is 10.1 Å². The number of nitriles is 1. The van der Waals surface area contributed by atoms with Crippen molar-refractivity contribution in [3.05, 3.63) is 83.3 Å². The van der Waals surface area contributed by atoms with E-state index in [-0.39, 0.29) is 24.2 Å². The van der Waals surface area contributed by atoms with Gasteiger partial charge in [0, 0.05) is 23.2 Å². The fourth-order valence-corrected chi connectivity index (χ4v) is 4.09. The third kappa shape index (κ3) is 6.19. The van der Waals surface area contributed by atoms with Crippen LogP contribution in [-0.4, -0.2) is 27.2 Å². The minimum atomic E-state index is -0.261. The second kappa shape index (κ2) is 12.1. The van der Waals surface area contributed by atoms with Crippen molar-refractivity contribution in [2.45, 2.75) is 52.6 Å². The number of fused-ring (bicyclic) bond motifs is 1. The average molecular weight is 507 g/mol. The van der Waals surface area contributed by atoms with Gasteiger partial charge in [-0.05, 0) is 55.3 Å². The summed E-state index contributed by atoms with van der Waals surface area (Å²) in [6.07, 6.45) is 2.14. The lowest BCUT2D eigenvalue weighted by atomic mass is 9.96. The van der Waals surface area contributed by atoms with E-state index in [1.807, 2.05) is 42.6 Å². The molecule has 4 aromatic rings. The first kappa shape index (κ1) is 26.4. The number of nitrogens with zero attached hydrogens (tertiary/aromatic N) is 4. The largest absolute Gasteiger partial charge is 0.489 e. The maximum Gasteiger partial charge on any atom is 0.307 e. The Morgan fingerprint density at radius 3 is 2.47 bits per heavy atom. The molecular formula is C31H30N4O3. The molecule has 4 rings (SSSR count). The van der Waals surface area contributed by atoms with Crippen molar-refractivity contribution in [2.75, 3.05) is 6.61 Å². The molecule has 2 heterocycles. The molecule has 2 aromatic carbocycles. The predicted octanol–water partition coefficient (Wildman–Crippen LogP) is 6.03. The lowest BCUT2D eigenvalue weighted by molar-refractivity contribution is -0.143. The highest BCUT2D eigenvalue weighted by molar-refractivity contribution is 5.78. The zero-order valence-electron chi connectivity index (χ0n) is 22.1. The maximum atomic E-state index is 12.0. The summed E-state index contributed by atoms with van der Waals surface area (Å²) in [4.78, 5) is 16.7. The molecule has 0 saturated heterocycles. The molecule has 0 aliphatic rings. The van der Waals surface area contributed by atoms with Gasteiger partial charge in [0.1, 0.15) is 12.4 Å². The van der Waals surface area contributed by atoms with Crippen LogP contribution in [0.25, 0.3) is 16.8 Å². The molecule has 1 unspecified atom stereocenters. The van der Waals surface area contributed by atoms with E-state index in [1.165, 1.54) is 0 Å². The van der Waals surface area contributed by atoms with E-state index < -0.39 is 0 Å². The van der Waals surface area contributed by atoms with Crippen molar-refractivity contribution in [2.24, 2.45) is 0 Å². The minimum absolute atomic E-state index is 0.187. The first-order valence-electron chi connectivity index (χ1n) is 12.6. The van der Waals surface area contributed by atoms with Gasteiger partial charge in [-0.25, -0.2) is 9.50 Å². The fraction of sp³-hybridized carbons (Fsp3) is 0.290. The number of pyridine rings is 1. The van der Waals surface area contributed by atoms with Gasteiger partial charge in [-0.2, -0.15) is 10.4 Å². The normalized spacial score (nSPS) is 11.5. The number of aromatic nitrogens is 3. The molecule has 0 bridgehead atoms. The van der Waals surface area contributed by atoms with E-state index in [4.69, 9.17) is 14.5 Å². The van der Waals surface area contributed by atoms with Crippen LogP contribution in [0.4, 0.5) is 0 Å². The van der Waals surface area contributed by atoms with E-state index in [0.29, 0.717) is 24.5 Å². The van der Waals surface area contributed by atoms with Gasteiger partial charge in [-0.1, -0.05) is 44.0 Å². The zero-order valence-corrected chi connectivity index (χ0v) is 22.1. The Morgan fingerprint density at radius 1 is 1.11 bits per heavy atom. The Labute approximate surface area is 223 Å². The summed E-state index contributed by atoms with van der Waals surface area (Å²) in [5, 5.41) is 13.9. The second-order valence-corrected chi connectivity index (χ2v) is 9.16. The Balaban J connectivity index is 1.57. The number of rotatable bonds is 9. The molecule has 0 radical (unpaired) electrons. The van der Waals surface area contributed by atoms with Gasteiger partial charge in [0.25, 0.3) is 0 Å². The quantitative estimate of drug-likeness (QED) is 0.203. The van der Waals surface area contributed by atoms with Crippen LogP contribution in [0.15, 0.2) is 60.8 Å². The third-order valence-corrected chi connectivity index (χ3v) is 6.03. The van der Waals surface area contributed by atoms with Gasteiger partial charge in [0.2, 0.25) is 0 Å². The monoisotopic (exact) mass is 506 g/mol. The topological polar surface area (TPSA) is 89.5 Å². The number of carbonyl (C=O) groups excluding carboxylic acids is 1. The van der Waals surface area contributed by atoms with Crippen molar-refractivity contribution in [1.82, 2.24) is 14.6 Å². The average Bonchev–Trinajstić information content (AvgIpc) is 3.36. The van der Waals surface area contributed by atoms with Crippen molar-refractivity contribution < 1.29 is 14.3 Å². The molecule has 7 heteroatoms. The van der Waals surface area contributed by atoms with Crippen molar-refractivity contribution in [3.63, 3.8) is 0 Å². The highest BCUT2D eigenvalue weighted by Crippen LogP contribution is 2.28. The number of benzene rings is 2. The molecule has 0 aliphatic carbocycles. The number of carbonyl (C=O) groups is 1. The molecule has 0 aliphatic heterocycles. The Hall–Kier alpha value is -4.62. The fourth-order valence-electron chi connectivity index (χ4n) is 4.09. The molecular weight excluding hydrogens is 476 g/mol. The van der Waals surface area contributed by atoms with Crippen LogP contribution in [0.3, 0.4) is 0 Å².